The van der Waals surface area contributed by atoms with Gasteiger partial charge in [0.15, 0.2) is 0 Å². The van der Waals surface area contributed by atoms with Crippen molar-refractivity contribution < 1.29 is 4.74 Å². The van der Waals surface area contributed by atoms with Crippen LogP contribution in [0, 0.1) is 0 Å². The molecule has 0 amide bonds. The van der Waals surface area contributed by atoms with Gasteiger partial charge in [0.25, 0.3) is 0 Å². The van der Waals surface area contributed by atoms with Gasteiger partial charge in [-0.25, -0.2) is 0 Å². The van der Waals surface area contributed by atoms with E-state index in [1.807, 2.05) is 42.5 Å². The average molecular weight is 264 g/mol. The summed E-state index contributed by atoms with van der Waals surface area (Å²) in [6.45, 7) is 0.726. The molecule has 0 saturated carbocycles. The molecule has 2 rings (SSSR count). The number of hydrogen-bond donors (Lipinski definition) is 1. The molecule has 2 aromatic rings. The minimum Gasteiger partial charge on any atom is -0.457 e. The van der Waals surface area contributed by atoms with Gasteiger partial charge in [0.05, 0.1) is 0 Å². The van der Waals surface area contributed by atoms with Crippen molar-refractivity contribution >= 4 is 12.4 Å². The molecule has 2 N–H and O–H groups in total. The summed E-state index contributed by atoms with van der Waals surface area (Å²) in [5, 5.41) is 0. The van der Waals surface area contributed by atoms with Crippen LogP contribution in [0.15, 0.2) is 54.6 Å². The molecule has 0 fully saturated rings. The maximum absolute atomic E-state index is 5.77. The number of benzene rings is 2. The van der Waals surface area contributed by atoms with E-state index >= 15 is 0 Å². The zero-order chi connectivity index (χ0) is 11.9. The summed E-state index contributed by atoms with van der Waals surface area (Å²) in [5.74, 6) is 1.74. The van der Waals surface area contributed by atoms with E-state index in [1.165, 1.54) is 5.56 Å². The van der Waals surface area contributed by atoms with Crippen LogP contribution in [0.4, 0.5) is 0 Å². The van der Waals surface area contributed by atoms with E-state index in [-0.39, 0.29) is 12.4 Å². The fraction of sp³-hybridized carbons (Fsp3) is 0.200. The first kappa shape index (κ1) is 14.6. The molecule has 0 aromatic heterocycles. The minimum absolute atomic E-state index is 0. The van der Waals surface area contributed by atoms with Gasteiger partial charge in [-0.3, -0.25) is 0 Å². The van der Waals surface area contributed by atoms with Gasteiger partial charge in [-0.2, -0.15) is 0 Å². The number of rotatable bonds is 5. The van der Waals surface area contributed by atoms with Crippen molar-refractivity contribution in [3.63, 3.8) is 0 Å². The van der Waals surface area contributed by atoms with Gasteiger partial charge in [0.1, 0.15) is 11.5 Å². The lowest BCUT2D eigenvalue weighted by Gasteiger charge is -2.07. The molecule has 3 heteroatoms. The average Bonchev–Trinajstić information content (AvgIpc) is 2.38. The Hall–Kier alpha value is -1.51. The highest BCUT2D eigenvalue weighted by Gasteiger charge is 1.98. The molecule has 18 heavy (non-hydrogen) atoms. The smallest absolute Gasteiger partial charge is 0.127 e. The summed E-state index contributed by atoms with van der Waals surface area (Å²) in [6.07, 6.45) is 2.01. The van der Waals surface area contributed by atoms with Crippen molar-refractivity contribution in [1.29, 1.82) is 0 Å². The third-order valence-electron chi connectivity index (χ3n) is 2.55. The Morgan fingerprint density at radius 2 is 1.61 bits per heavy atom. The third-order valence-corrected chi connectivity index (χ3v) is 2.55. The van der Waals surface area contributed by atoms with Crippen LogP contribution in [0.2, 0.25) is 0 Å². The zero-order valence-electron chi connectivity index (χ0n) is 10.2. The number of ether oxygens (including phenoxy) is 1. The molecule has 0 aliphatic heterocycles. The number of halogens is 1. The lowest BCUT2D eigenvalue weighted by Crippen LogP contribution is -2.00. The lowest BCUT2D eigenvalue weighted by molar-refractivity contribution is 0.482. The van der Waals surface area contributed by atoms with E-state index in [4.69, 9.17) is 10.5 Å². The van der Waals surface area contributed by atoms with Gasteiger partial charge in [-0.15, -0.1) is 12.4 Å². The molecule has 0 spiro atoms. The molecule has 96 valence electrons. The van der Waals surface area contributed by atoms with Gasteiger partial charge >= 0.3 is 0 Å². The van der Waals surface area contributed by atoms with E-state index in [2.05, 4.69) is 12.1 Å². The Morgan fingerprint density at radius 1 is 0.889 bits per heavy atom. The van der Waals surface area contributed by atoms with Crippen LogP contribution < -0.4 is 10.5 Å². The highest BCUT2D eigenvalue weighted by Crippen LogP contribution is 2.22. The largest absolute Gasteiger partial charge is 0.457 e. The highest BCUT2D eigenvalue weighted by atomic mass is 35.5. The fourth-order valence-corrected chi connectivity index (χ4v) is 1.70. The molecular weight excluding hydrogens is 246 g/mol. The van der Waals surface area contributed by atoms with E-state index in [0.29, 0.717) is 0 Å². The van der Waals surface area contributed by atoms with Gasteiger partial charge < -0.3 is 10.5 Å². The van der Waals surface area contributed by atoms with Crippen molar-refractivity contribution in [2.45, 2.75) is 12.8 Å². The highest BCUT2D eigenvalue weighted by molar-refractivity contribution is 5.85. The molecule has 0 aliphatic rings. The molecule has 0 atom stereocenters. The van der Waals surface area contributed by atoms with Crippen LogP contribution in [0.3, 0.4) is 0 Å². The van der Waals surface area contributed by atoms with E-state index in [9.17, 15) is 0 Å². The third kappa shape index (κ3) is 4.40. The molecule has 0 unspecified atom stereocenters. The summed E-state index contributed by atoms with van der Waals surface area (Å²) in [6, 6.07) is 18.0. The Morgan fingerprint density at radius 3 is 2.33 bits per heavy atom. The number of hydrogen-bond acceptors (Lipinski definition) is 2. The fourth-order valence-electron chi connectivity index (χ4n) is 1.70. The first-order valence-corrected chi connectivity index (χ1v) is 5.90. The molecule has 2 aromatic carbocycles. The first-order chi connectivity index (χ1) is 8.38. The maximum Gasteiger partial charge on any atom is 0.127 e. The quantitative estimate of drug-likeness (QED) is 0.891. The second-order valence-electron chi connectivity index (χ2n) is 3.95. The molecule has 2 nitrogen and oxygen atoms in total. The van der Waals surface area contributed by atoms with Crippen molar-refractivity contribution in [3.8, 4) is 11.5 Å². The maximum atomic E-state index is 5.77. The minimum atomic E-state index is 0. The zero-order valence-corrected chi connectivity index (χ0v) is 11.0. The number of nitrogens with two attached hydrogens (primary N) is 1. The van der Waals surface area contributed by atoms with Crippen molar-refractivity contribution in [1.82, 2.24) is 0 Å². The normalized spacial score (nSPS) is 9.61. The van der Waals surface area contributed by atoms with E-state index in [1.54, 1.807) is 0 Å². The van der Waals surface area contributed by atoms with E-state index in [0.717, 1.165) is 30.9 Å². The van der Waals surface area contributed by atoms with Crippen molar-refractivity contribution in [2.24, 2.45) is 5.73 Å². The molecule has 0 heterocycles. The lowest BCUT2D eigenvalue weighted by atomic mass is 10.1. The Kier molecular flexibility index (Phi) is 6.26. The van der Waals surface area contributed by atoms with Crippen molar-refractivity contribution in [2.75, 3.05) is 6.54 Å². The van der Waals surface area contributed by atoms with Crippen LogP contribution in [-0.4, -0.2) is 6.54 Å². The van der Waals surface area contributed by atoms with Crippen LogP contribution in [0.1, 0.15) is 12.0 Å². The predicted octanol–water partition coefficient (Wildman–Crippen LogP) is 3.79. The monoisotopic (exact) mass is 263 g/mol. The van der Waals surface area contributed by atoms with Crippen LogP contribution >= 0.6 is 12.4 Å². The summed E-state index contributed by atoms with van der Waals surface area (Å²) in [5.41, 5.74) is 6.77. The van der Waals surface area contributed by atoms with Crippen LogP contribution in [-0.2, 0) is 6.42 Å². The Balaban J connectivity index is 0.00000162. The molecule has 0 bridgehead atoms. The molecule has 0 aliphatic carbocycles. The first-order valence-electron chi connectivity index (χ1n) is 5.90. The van der Waals surface area contributed by atoms with Crippen molar-refractivity contribution in [3.05, 3.63) is 60.2 Å². The van der Waals surface area contributed by atoms with Gasteiger partial charge in [-0.1, -0.05) is 30.3 Å². The SMILES string of the molecule is Cl.NCCCc1cccc(Oc2ccccc2)c1. The standard InChI is InChI=1S/C15H17NO.ClH/c16-11-5-7-13-6-4-10-15(12-13)17-14-8-2-1-3-9-14;/h1-4,6,8-10,12H,5,7,11,16H2;1H. The Labute approximate surface area is 114 Å². The van der Waals surface area contributed by atoms with Crippen LogP contribution in [0.25, 0.3) is 0 Å². The molecule has 0 radical (unpaired) electrons. The summed E-state index contributed by atoms with van der Waals surface area (Å²) in [4.78, 5) is 0. The van der Waals surface area contributed by atoms with Gasteiger partial charge in [0.2, 0.25) is 0 Å². The number of para-hydroxylation sites is 1. The number of aryl methyl sites for hydroxylation is 1. The predicted molar refractivity (Wildman–Crippen MR) is 77.6 cm³/mol. The Bertz CT molecular complexity index is 459. The van der Waals surface area contributed by atoms with E-state index < -0.39 is 0 Å². The topological polar surface area (TPSA) is 35.2 Å². The molecular formula is C15H18ClNO. The second kappa shape index (κ2) is 7.75. The van der Waals surface area contributed by atoms with Gasteiger partial charge in [0, 0.05) is 0 Å². The van der Waals surface area contributed by atoms with Crippen LogP contribution in [0.5, 0.6) is 11.5 Å². The molecule has 0 saturated heterocycles. The summed E-state index contributed by atoms with van der Waals surface area (Å²) in [7, 11) is 0. The summed E-state index contributed by atoms with van der Waals surface area (Å²) < 4.78 is 5.77. The summed E-state index contributed by atoms with van der Waals surface area (Å²) >= 11 is 0. The second-order valence-corrected chi connectivity index (χ2v) is 3.95. The van der Waals surface area contributed by atoms with Gasteiger partial charge in [-0.05, 0) is 49.2 Å².